The minimum absolute atomic E-state index is 0.249. The van der Waals surface area contributed by atoms with Crippen molar-refractivity contribution in [3.05, 3.63) is 63.2 Å². The van der Waals surface area contributed by atoms with Crippen LogP contribution in [0.5, 0.6) is 0 Å². The highest BCUT2D eigenvalue weighted by Gasteiger charge is 2.48. The molecule has 0 saturated carbocycles. The Bertz CT molecular complexity index is 849. The fourth-order valence-electron chi connectivity index (χ4n) is 2.08. The Morgan fingerprint density at radius 2 is 1.65 bits per heavy atom. The van der Waals surface area contributed by atoms with Crippen molar-refractivity contribution in [1.82, 2.24) is 5.32 Å². The third-order valence-electron chi connectivity index (χ3n) is 3.70. The first kappa shape index (κ1) is 19.7. The quantitative estimate of drug-likeness (QED) is 0.594. The second-order valence-electron chi connectivity index (χ2n) is 6.11. The molecule has 0 aliphatic carbocycles. The van der Waals surface area contributed by atoms with Crippen LogP contribution >= 0.6 is 11.6 Å². The summed E-state index contributed by atoms with van der Waals surface area (Å²) in [6.45, 7) is 1.62. The molecule has 0 aliphatic rings. The standard InChI is InChI=1S/C17H14ClF3N2O3/c1-16(2,17(19,20)21)22-15(24)12-7-11(8-14(9-12)23(25)26)10-3-5-13(18)6-4-10/h3-9H,1-2H3,(H,22,24). The first-order valence-electron chi connectivity index (χ1n) is 7.35. The van der Waals surface area contributed by atoms with E-state index < -0.39 is 28.2 Å². The lowest BCUT2D eigenvalue weighted by Gasteiger charge is -2.28. The summed E-state index contributed by atoms with van der Waals surface area (Å²) in [5.74, 6) is -1.06. The molecular formula is C17H14ClF3N2O3. The van der Waals surface area contributed by atoms with Crippen LogP contribution in [0.4, 0.5) is 18.9 Å². The molecule has 0 aliphatic heterocycles. The third kappa shape index (κ3) is 4.32. The normalized spacial score (nSPS) is 11.9. The van der Waals surface area contributed by atoms with Crippen LogP contribution in [0, 0.1) is 10.1 Å². The van der Waals surface area contributed by atoms with Gasteiger partial charge in [0.2, 0.25) is 0 Å². The fourth-order valence-corrected chi connectivity index (χ4v) is 2.21. The highest BCUT2D eigenvalue weighted by atomic mass is 35.5. The minimum Gasteiger partial charge on any atom is -0.338 e. The van der Waals surface area contributed by atoms with Gasteiger partial charge in [-0.1, -0.05) is 23.7 Å². The van der Waals surface area contributed by atoms with Crippen molar-refractivity contribution < 1.29 is 22.9 Å². The Balaban J connectivity index is 2.47. The summed E-state index contributed by atoms with van der Waals surface area (Å²) in [6.07, 6.45) is -4.68. The second kappa shape index (κ2) is 6.95. The van der Waals surface area contributed by atoms with Gasteiger partial charge in [-0.2, -0.15) is 13.2 Å². The zero-order valence-electron chi connectivity index (χ0n) is 13.7. The summed E-state index contributed by atoms with van der Waals surface area (Å²) >= 11 is 5.80. The van der Waals surface area contributed by atoms with Crippen LogP contribution in [0.3, 0.4) is 0 Å². The maximum Gasteiger partial charge on any atom is 0.410 e. The summed E-state index contributed by atoms with van der Waals surface area (Å²) in [6, 6.07) is 9.74. The van der Waals surface area contributed by atoms with E-state index in [0.29, 0.717) is 16.1 Å². The molecule has 2 aromatic carbocycles. The number of benzene rings is 2. The van der Waals surface area contributed by atoms with Crippen LogP contribution in [-0.4, -0.2) is 22.5 Å². The smallest absolute Gasteiger partial charge is 0.338 e. The average molecular weight is 387 g/mol. The van der Waals surface area contributed by atoms with E-state index in [1.165, 1.54) is 12.1 Å². The number of carbonyl (C=O) groups excluding carboxylic acids is 1. The number of alkyl halides is 3. The fraction of sp³-hybridized carbons (Fsp3) is 0.235. The van der Waals surface area contributed by atoms with Crippen molar-refractivity contribution >= 4 is 23.2 Å². The Morgan fingerprint density at radius 3 is 2.15 bits per heavy atom. The van der Waals surface area contributed by atoms with Gasteiger partial charge in [0.25, 0.3) is 11.6 Å². The van der Waals surface area contributed by atoms with Gasteiger partial charge in [0, 0.05) is 22.7 Å². The number of nitrogens with zero attached hydrogens (tertiary/aromatic N) is 1. The van der Waals surface area contributed by atoms with Gasteiger partial charge >= 0.3 is 6.18 Å². The molecule has 1 N–H and O–H groups in total. The number of carbonyl (C=O) groups is 1. The molecule has 138 valence electrons. The van der Waals surface area contributed by atoms with E-state index in [-0.39, 0.29) is 5.56 Å². The van der Waals surface area contributed by atoms with Crippen LogP contribution in [0.1, 0.15) is 24.2 Å². The molecule has 0 fully saturated rings. The summed E-state index contributed by atoms with van der Waals surface area (Å²) in [5, 5.41) is 13.4. The van der Waals surface area contributed by atoms with E-state index in [1.807, 2.05) is 5.32 Å². The van der Waals surface area contributed by atoms with E-state index in [4.69, 9.17) is 11.6 Å². The lowest BCUT2D eigenvalue weighted by Crippen LogP contribution is -2.54. The summed E-state index contributed by atoms with van der Waals surface area (Å²) < 4.78 is 38.9. The SMILES string of the molecule is CC(C)(NC(=O)c1cc(-c2ccc(Cl)cc2)cc([N+](=O)[O-])c1)C(F)(F)F. The summed E-state index contributed by atoms with van der Waals surface area (Å²) in [7, 11) is 0. The van der Waals surface area contributed by atoms with Crippen molar-refractivity contribution in [2.45, 2.75) is 25.6 Å². The van der Waals surface area contributed by atoms with E-state index in [0.717, 1.165) is 19.9 Å². The molecule has 0 heterocycles. The third-order valence-corrected chi connectivity index (χ3v) is 3.96. The van der Waals surface area contributed by atoms with E-state index in [1.54, 1.807) is 24.3 Å². The number of amides is 1. The van der Waals surface area contributed by atoms with Crippen molar-refractivity contribution in [3.8, 4) is 11.1 Å². The largest absolute Gasteiger partial charge is 0.410 e. The Labute approximate surface area is 151 Å². The first-order valence-corrected chi connectivity index (χ1v) is 7.73. The Kier molecular flexibility index (Phi) is 5.27. The van der Waals surface area contributed by atoms with Crippen molar-refractivity contribution in [3.63, 3.8) is 0 Å². The van der Waals surface area contributed by atoms with Gasteiger partial charge < -0.3 is 5.32 Å². The molecule has 0 unspecified atom stereocenters. The summed E-state index contributed by atoms with van der Waals surface area (Å²) in [5.41, 5.74) is -2.31. The molecule has 0 atom stereocenters. The first-order chi connectivity index (χ1) is 11.9. The topological polar surface area (TPSA) is 72.2 Å². The van der Waals surface area contributed by atoms with Crippen LogP contribution < -0.4 is 5.32 Å². The highest BCUT2D eigenvalue weighted by molar-refractivity contribution is 6.30. The van der Waals surface area contributed by atoms with Crippen LogP contribution in [-0.2, 0) is 0 Å². The lowest BCUT2D eigenvalue weighted by molar-refractivity contribution is -0.384. The molecule has 0 aromatic heterocycles. The molecule has 0 bridgehead atoms. The number of hydrogen-bond donors (Lipinski definition) is 1. The Morgan fingerprint density at radius 1 is 1.08 bits per heavy atom. The number of nitro benzene ring substituents is 1. The monoisotopic (exact) mass is 386 g/mol. The molecule has 1 amide bonds. The van der Waals surface area contributed by atoms with Gasteiger partial charge in [-0.05, 0) is 43.2 Å². The molecule has 0 radical (unpaired) electrons. The van der Waals surface area contributed by atoms with Gasteiger partial charge in [-0.15, -0.1) is 0 Å². The Hall–Kier alpha value is -2.61. The zero-order chi connectivity index (χ0) is 19.7. The molecule has 2 aromatic rings. The zero-order valence-corrected chi connectivity index (χ0v) is 14.5. The minimum atomic E-state index is -4.68. The van der Waals surface area contributed by atoms with Gasteiger partial charge in [0.1, 0.15) is 5.54 Å². The number of hydrogen-bond acceptors (Lipinski definition) is 3. The molecular weight excluding hydrogens is 373 g/mol. The van der Waals surface area contributed by atoms with Crippen LogP contribution in [0.15, 0.2) is 42.5 Å². The number of rotatable bonds is 4. The molecule has 5 nitrogen and oxygen atoms in total. The van der Waals surface area contributed by atoms with E-state index in [9.17, 15) is 28.1 Å². The number of halogens is 4. The lowest BCUT2D eigenvalue weighted by atomic mass is 10.00. The molecule has 0 saturated heterocycles. The van der Waals surface area contributed by atoms with E-state index >= 15 is 0 Å². The molecule has 0 spiro atoms. The van der Waals surface area contributed by atoms with Crippen LogP contribution in [0.25, 0.3) is 11.1 Å². The number of nitrogens with one attached hydrogen (secondary N) is 1. The maximum absolute atomic E-state index is 13.0. The van der Waals surface area contributed by atoms with Crippen molar-refractivity contribution in [2.75, 3.05) is 0 Å². The molecule has 26 heavy (non-hydrogen) atoms. The predicted octanol–water partition coefficient (Wildman–Crippen LogP) is 4.99. The van der Waals surface area contributed by atoms with Gasteiger partial charge in [-0.3, -0.25) is 14.9 Å². The highest BCUT2D eigenvalue weighted by Crippen LogP contribution is 2.31. The van der Waals surface area contributed by atoms with E-state index in [2.05, 4.69) is 0 Å². The van der Waals surface area contributed by atoms with Crippen molar-refractivity contribution in [2.24, 2.45) is 0 Å². The van der Waals surface area contributed by atoms with Gasteiger partial charge in [0.15, 0.2) is 0 Å². The second-order valence-corrected chi connectivity index (χ2v) is 6.55. The predicted molar refractivity (Wildman–Crippen MR) is 91.1 cm³/mol. The van der Waals surface area contributed by atoms with Gasteiger partial charge in [0.05, 0.1) is 4.92 Å². The van der Waals surface area contributed by atoms with Crippen molar-refractivity contribution in [1.29, 1.82) is 0 Å². The molecule has 9 heteroatoms. The summed E-state index contributed by atoms with van der Waals surface area (Å²) in [4.78, 5) is 22.7. The number of nitro groups is 1. The number of non-ortho nitro benzene ring substituents is 1. The molecule has 2 rings (SSSR count). The average Bonchev–Trinajstić information content (AvgIpc) is 2.53. The van der Waals surface area contributed by atoms with Crippen LogP contribution in [0.2, 0.25) is 5.02 Å². The van der Waals surface area contributed by atoms with Gasteiger partial charge in [-0.25, -0.2) is 0 Å². The maximum atomic E-state index is 13.0.